The third kappa shape index (κ3) is 5.38. The number of rotatable bonds is 7. The Hall–Kier alpha value is -2.80. The van der Waals surface area contributed by atoms with Crippen LogP contribution < -0.4 is 10.1 Å². The summed E-state index contributed by atoms with van der Waals surface area (Å²) in [7, 11) is 1.55. The highest BCUT2D eigenvalue weighted by Gasteiger charge is 2.39. The van der Waals surface area contributed by atoms with Gasteiger partial charge in [-0.05, 0) is 30.2 Å². The normalized spacial score (nSPS) is 17.8. The molecule has 1 heterocycles. The Labute approximate surface area is 175 Å². The Bertz CT molecular complexity index is 899. The van der Waals surface area contributed by atoms with E-state index in [4.69, 9.17) is 4.74 Å². The van der Waals surface area contributed by atoms with Crippen molar-refractivity contribution in [1.82, 2.24) is 4.90 Å². The minimum absolute atomic E-state index is 0.0734. The van der Waals surface area contributed by atoms with E-state index in [1.807, 2.05) is 42.5 Å². The van der Waals surface area contributed by atoms with Crippen molar-refractivity contribution in [3.05, 3.63) is 54.6 Å². The number of benzene rings is 2. The molecule has 7 heteroatoms. The van der Waals surface area contributed by atoms with Crippen molar-refractivity contribution in [2.24, 2.45) is 10.9 Å². The molecule has 1 N–H and O–H groups in total. The first-order valence-electron chi connectivity index (χ1n) is 9.52. The maximum absolute atomic E-state index is 13.0. The summed E-state index contributed by atoms with van der Waals surface area (Å²) in [6.07, 6.45) is 0.0734. The second-order valence-electron chi connectivity index (χ2n) is 7.13. The van der Waals surface area contributed by atoms with Crippen molar-refractivity contribution in [2.75, 3.05) is 19.0 Å². The van der Waals surface area contributed by atoms with Crippen LogP contribution in [0.3, 0.4) is 0 Å². The second kappa shape index (κ2) is 9.60. The number of aliphatic imine (C=N–C) groups is 1. The number of hydrogen-bond acceptors (Lipinski definition) is 5. The lowest BCUT2D eigenvalue weighted by molar-refractivity contribution is -0.128. The van der Waals surface area contributed by atoms with Gasteiger partial charge in [-0.15, -0.1) is 0 Å². The summed E-state index contributed by atoms with van der Waals surface area (Å²) in [6.45, 7) is 4.68. The van der Waals surface area contributed by atoms with Crippen molar-refractivity contribution >= 4 is 40.1 Å². The highest BCUT2D eigenvalue weighted by atomic mass is 32.2. The molecule has 2 aromatic carbocycles. The molecular weight excluding hydrogens is 386 g/mol. The van der Waals surface area contributed by atoms with Crippen LogP contribution in [0.1, 0.15) is 20.3 Å². The van der Waals surface area contributed by atoms with Gasteiger partial charge in [0.1, 0.15) is 11.0 Å². The zero-order valence-electron chi connectivity index (χ0n) is 16.8. The van der Waals surface area contributed by atoms with Crippen LogP contribution in [-0.2, 0) is 9.59 Å². The number of ether oxygens (including phenoxy) is 1. The van der Waals surface area contributed by atoms with E-state index < -0.39 is 5.25 Å². The van der Waals surface area contributed by atoms with Gasteiger partial charge in [-0.1, -0.05) is 55.9 Å². The van der Waals surface area contributed by atoms with Crippen LogP contribution in [0.5, 0.6) is 5.75 Å². The number of carbonyl (C=O) groups is 2. The minimum atomic E-state index is -0.495. The fourth-order valence-corrected chi connectivity index (χ4v) is 4.16. The fourth-order valence-electron chi connectivity index (χ4n) is 2.99. The lowest BCUT2D eigenvalue weighted by atomic mass is 10.2. The predicted octanol–water partition coefficient (Wildman–Crippen LogP) is 4.31. The molecule has 0 radical (unpaired) electrons. The van der Waals surface area contributed by atoms with Crippen LogP contribution in [0.2, 0.25) is 0 Å². The van der Waals surface area contributed by atoms with Gasteiger partial charge in [-0.2, -0.15) is 0 Å². The van der Waals surface area contributed by atoms with E-state index in [9.17, 15) is 9.59 Å². The zero-order valence-corrected chi connectivity index (χ0v) is 17.6. The first-order chi connectivity index (χ1) is 14.0. The van der Waals surface area contributed by atoms with Gasteiger partial charge in [0.2, 0.25) is 11.8 Å². The summed E-state index contributed by atoms with van der Waals surface area (Å²) in [4.78, 5) is 31.9. The molecule has 1 aliphatic rings. The van der Waals surface area contributed by atoms with Crippen molar-refractivity contribution in [1.29, 1.82) is 0 Å². The summed E-state index contributed by atoms with van der Waals surface area (Å²) in [5, 5.41) is 2.99. The molecule has 1 atom stereocenters. The molecular formula is C22H25N3O3S. The van der Waals surface area contributed by atoms with E-state index in [0.717, 1.165) is 5.69 Å². The van der Waals surface area contributed by atoms with E-state index in [1.165, 1.54) is 11.8 Å². The topological polar surface area (TPSA) is 71.0 Å². The molecule has 1 aliphatic heterocycles. The summed E-state index contributed by atoms with van der Waals surface area (Å²) in [5.41, 5.74) is 1.38. The molecule has 3 rings (SSSR count). The second-order valence-corrected chi connectivity index (χ2v) is 8.30. The molecule has 0 bridgehead atoms. The number of nitrogens with one attached hydrogen (secondary N) is 1. The number of nitrogens with zero attached hydrogens (tertiary/aromatic N) is 2. The van der Waals surface area contributed by atoms with Crippen LogP contribution in [-0.4, -0.2) is 40.8 Å². The van der Waals surface area contributed by atoms with Gasteiger partial charge >= 0.3 is 0 Å². The van der Waals surface area contributed by atoms with E-state index in [2.05, 4.69) is 24.2 Å². The fraction of sp³-hybridized carbons (Fsp3) is 0.318. The van der Waals surface area contributed by atoms with Gasteiger partial charge in [0.05, 0.1) is 18.5 Å². The molecule has 1 saturated heterocycles. The van der Waals surface area contributed by atoms with Gasteiger partial charge in [0.25, 0.3) is 0 Å². The molecule has 1 fully saturated rings. The number of para-hydroxylation sites is 3. The maximum atomic E-state index is 13.0. The smallest absolute Gasteiger partial charge is 0.242 e. The first kappa shape index (κ1) is 20.9. The molecule has 29 heavy (non-hydrogen) atoms. The highest BCUT2D eigenvalue weighted by Crippen LogP contribution is 2.33. The Morgan fingerprint density at radius 3 is 2.55 bits per heavy atom. The monoisotopic (exact) mass is 411 g/mol. The third-order valence-electron chi connectivity index (χ3n) is 4.30. The zero-order chi connectivity index (χ0) is 20.8. The largest absolute Gasteiger partial charge is 0.495 e. The van der Waals surface area contributed by atoms with Crippen molar-refractivity contribution in [3.8, 4) is 5.75 Å². The Morgan fingerprint density at radius 2 is 1.86 bits per heavy atom. The average Bonchev–Trinajstić information content (AvgIpc) is 2.97. The van der Waals surface area contributed by atoms with Gasteiger partial charge < -0.3 is 10.1 Å². The summed E-state index contributed by atoms with van der Waals surface area (Å²) in [5.74, 6) is 0.570. The first-order valence-corrected chi connectivity index (χ1v) is 10.4. The van der Waals surface area contributed by atoms with Gasteiger partial charge in [0.15, 0.2) is 5.17 Å². The molecule has 6 nitrogen and oxygen atoms in total. The number of carbonyl (C=O) groups excluding carboxylic acids is 2. The van der Waals surface area contributed by atoms with Crippen LogP contribution in [0.25, 0.3) is 0 Å². The standard InChI is InChI=1S/C22H25N3O3S/c1-15(2)14-25-21(27)19(29-22(25)23-16-9-5-4-6-10-16)13-20(26)24-17-11-7-8-12-18(17)28-3/h4-12,15,19H,13-14H2,1-3H3,(H,24,26). The summed E-state index contributed by atoms with van der Waals surface area (Å²) < 4.78 is 5.27. The minimum Gasteiger partial charge on any atom is -0.495 e. The van der Waals surface area contributed by atoms with Crippen LogP contribution in [0.15, 0.2) is 59.6 Å². The molecule has 2 amide bonds. The van der Waals surface area contributed by atoms with Crippen molar-refractivity contribution < 1.29 is 14.3 Å². The Kier molecular flexibility index (Phi) is 6.93. The van der Waals surface area contributed by atoms with E-state index in [0.29, 0.717) is 29.1 Å². The molecule has 0 aliphatic carbocycles. The van der Waals surface area contributed by atoms with E-state index in [-0.39, 0.29) is 18.2 Å². The van der Waals surface area contributed by atoms with E-state index in [1.54, 1.807) is 24.1 Å². The van der Waals surface area contributed by atoms with Gasteiger partial charge in [0, 0.05) is 13.0 Å². The summed E-state index contributed by atoms with van der Waals surface area (Å²) >= 11 is 1.35. The lowest BCUT2D eigenvalue weighted by Crippen LogP contribution is -2.36. The summed E-state index contributed by atoms with van der Waals surface area (Å²) in [6, 6.07) is 16.7. The molecule has 2 aromatic rings. The number of methoxy groups -OCH3 is 1. The van der Waals surface area contributed by atoms with Gasteiger partial charge in [-0.3, -0.25) is 14.5 Å². The van der Waals surface area contributed by atoms with Crippen LogP contribution in [0.4, 0.5) is 11.4 Å². The number of hydrogen-bond donors (Lipinski definition) is 1. The lowest BCUT2D eigenvalue weighted by Gasteiger charge is -2.18. The average molecular weight is 412 g/mol. The van der Waals surface area contributed by atoms with E-state index >= 15 is 0 Å². The highest BCUT2D eigenvalue weighted by molar-refractivity contribution is 8.15. The van der Waals surface area contributed by atoms with Crippen molar-refractivity contribution in [3.63, 3.8) is 0 Å². The van der Waals surface area contributed by atoms with Gasteiger partial charge in [-0.25, -0.2) is 4.99 Å². The molecule has 152 valence electrons. The Balaban J connectivity index is 1.74. The number of anilines is 1. The molecule has 0 aromatic heterocycles. The third-order valence-corrected chi connectivity index (χ3v) is 5.48. The molecule has 0 saturated carbocycles. The number of amides is 2. The van der Waals surface area contributed by atoms with Crippen molar-refractivity contribution in [2.45, 2.75) is 25.5 Å². The molecule has 1 unspecified atom stereocenters. The Morgan fingerprint density at radius 1 is 1.17 bits per heavy atom. The molecule has 0 spiro atoms. The van der Waals surface area contributed by atoms with Crippen LogP contribution in [0, 0.1) is 5.92 Å². The SMILES string of the molecule is COc1ccccc1NC(=O)CC1SC(=Nc2ccccc2)N(CC(C)C)C1=O. The quantitative estimate of drug-likeness (QED) is 0.737. The van der Waals surface area contributed by atoms with Crippen LogP contribution >= 0.6 is 11.8 Å². The predicted molar refractivity (Wildman–Crippen MR) is 118 cm³/mol. The maximum Gasteiger partial charge on any atom is 0.242 e. The number of amidine groups is 1. The number of thioether (sulfide) groups is 1.